The van der Waals surface area contributed by atoms with Gasteiger partial charge in [0.25, 0.3) is 5.91 Å². The van der Waals surface area contributed by atoms with E-state index in [1.54, 1.807) is 18.3 Å². The molecule has 0 fully saturated rings. The van der Waals surface area contributed by atoms with Crippen LogP contribution in [0.25, 0.3) is 0 Å². The molecule has 1 aromatic heterocycles. The van der Waals surface area contributed by atoms with Crippen LogP contribution < -0.4 is 11.1 Å². The van der Waals surface area contributed by atoms with Gasteiger partial charge in [-0.1, -0.05) is 20.8 Å². The molecule has 0 saturated carbocycles. The average Bonchev–Trinajstić information content (AvgIpc) is 2.16. The Hall–Kier alpha value is -1.58. The Morgan fingerprint density at radius 3 is 2.62 bits per heavy atom. The Morgan fingerprint density at radius 2 is 2.12 bits per heavy atom. The Labute approximate surface area is 96.3 Å². The van der Waals surface area contributed by atoms with Crippen molar-refractivity contribution in [3.8, 4) is 0 Å². The summed E-state index contributed by atoms with van der Waals surface area (Å²) in [5.41, 5.74) is 6.08. The zero-order chi connectivity index (χ0) is 12.3. The molecule has 1 aromatic rings. The summed E-state index contributed by atoms with van der Waals surface area (Å²) in [6.07, 6.45) is 1.57. The lowest BCUT2D eigenvalue weighted by molar-refractivity contribution is 0.0911. The molecule has 0 aliphatic heterocycles. The number of hydrogen-bond acceptors (Lipinski definition) is 3. The standard InChI is InChI=1S/C12H19N3O/c1-8(12(2,3)4)15-11(16)9-6-5-7-14-10(9)13/h5-8H,1-4H3,(H2,13,14)(H,15,16). The van der Waals surface area contributed by atoms with E-state index in [1.807, 2.05) is 6.92 Å². The molecule has 0 radical (unpaired) electrons. The number of pyridine rings is 1. The van der Waals surface area contributed by atoms with Crippen LogP contribution >= 0.6 is 0 Å². The quantitative estimate of drug-likeness (QED) is 0.800. The van der Waals surface area contributed by atoms with Gasteiger partial charge in [-0.2, -0.15) is 0 Å². The highest BCUT2D eigenvalue weighted by Gasteiger charge is 2.22. The van der Waals surface area contributed by atoms with Crippen LogP contribution in [-0.2, 0) is 0 Å². The van der Waals surface area contributed by atoms with Gasteiger partial charge in [-0.05, 0) is 24.5 Å². The maximum atomic E-state index is 11.9. The second kappa shape index (κ2) is 4.51. The smallest absolute Gasteiger partial charge is 0.255 e. The number of aromatic nitrogens is 1. The molecule has 0 aromatic carbocycles. The van der Waals surface area contributed by atoms with Crippen LogP contribution in [0.5, 0.6) is 0 Å². The molecule has 1 amide bonds. The van der Waals surface area contributed by atoms with Crippen molar-refractivity contribution in [1.82, 2.24) is 10.3 Å². The molecule has 0 saturated heterocycles. The largest absolute Gasteiger partial charge is 0.383 e. The van der Waals surface area contributed by atoms with Crippen LogP contribution in [0.3, 0.4) is 0 Å². The van der Waals surface area contributed by atoms with Crippen LogP contribution in [0.4, 0.5) is 5.82 Å². The summed E-state index contributed by atoms with van der Waals surface area (Å²) in [5, 5.41) is 2.92. The SMILES string of the molecule is CC(NC(=O)c1cccnc1N)C(C)(C)C. The van der Waals surface area contributed by atoms with Crippen LogP contribution in [0.15, 0.2) is 18.3 Å². The van der Waals surface area contributed by atoms with Gasteiger partial charge >= 0.3 is 0 Å². The summed E-state index contributed by atoms with van der Waals surface area (Å²) in [4.78, 5) is 15.8. The molecule has 0 bridgehead atoms. The number of nitrogens with two attached hydrogens (primary N) is 1. The summed E-state index contributed by atoms with van der Waals surface area (Å²) in [6.45, 7) is 8.20. The predicted molar refractivity (Wildman–Crippen MR) is 65.0 cm³/mol. The molecule has 1 atom stereocenters. The fraction of sp³-hybridized carbons (Fsp3) is 0.500. The van der Waals surface area contributed by atoms with Crippen molar-refractivity contribution < 1.29 is 4.79 Å². The first-order valence-corrected chi connectivity index (χ1v) is 5.33. The number of nitrogens with one attached hydrogen (secondary N) is 1. The van der Waals surface area contributed by atoms with Gasteiger partial charge < -0.3 is 11.1 Å². The van der Waals surface area contributed by atoms with Gasteiger partial charge in [-0.15, -0.1) is 0 Å². The molecule has 0 spiro atoms. The topological polar surface area (TPSA) is 68.0 Å². The summed E-state index contributed by atoms with van der Waals surface area (Å²) in [7, 11) is 0. The van der Waals surface area contributed by atoms with E-state index in [4.69, 9.17) is 5.73 Å². The Morgan fingerprint density at radius 1 is 1.50 bits per heavy atom. The van der Waals surface area contributed by atoms with Gasteiger partial charge in [0.05, 0.1) is 5.56 Å². The third-order valence-corrected chi connectivity index (χ3v) is 2.73. The zero-order valence-corrected chi connectivity index (χ0v) is 10.2. The molecule has 16 heavy (non-hydrogen) atoms. The molecule has 0 aliphatic rings. The van der Waals surface area contributed by atoms with Crippen LogP contribution in [0.2, 0.25) is 0 Å². The van der Waals surface area contributed by atoms with Crippen LogP contribution in [0.1, 0.15) is 38.1 Å². The minimum absolute atomic E-state index is 0.0205. The van der Waals surface area contributed by atoms with E-state index in [0.29, 0.717) is 5.56 Å². The van der Waals surface area contributed by atoms with Crippen LogP contribution in [0, 0.1) is 5.41 Å². The fourth-order valence-corrected chi connectivity index (χ4v) is 1.10. The first kappa shape index (κ1) is 12.5. The normalized spacial score (nSPS) is 13.2. The Balaban J connectivity index is 2.78. The number of carbonyl (C=O) groups excluding carboxylic acids is 1. The van der Waals surface area contributed by atoms with Crippen molar-refractivity contribution >= 4 is 11.7 Å². The second-order valence-corrected chi connectivity index (χ2v) is 5.00. The number of rotatable bonds is 2. The third kappa shape index (κ3) is 2.95. The number of amides is 1. The van der Waals surface area contributed by atoms with Crippen molar-refractivity contribution in [1.29, 1.82) is 0 Å². The summed E-state index contributed by atoms with van der Waals surface area (Å²) in [5.74, 6) is 0.0918. The average molecular weight is 221 g/mol. The van der Waals surface area contributed by atoms with Crippen LogP contribution in [-0.4, -0.2) is 16.9 Å². The molecule has 0 aliphatic carbocycles. The summed E-state index contributed by atoms with van der Waals surface area (Å²) < 4.78 is 0. The summed E-state index contributed by atoms with van der Waals surface area (Å²) >= 11 is 0. The van der Waals surface area contributed by atoms with Gasteiger partial charge in [0.2, 0.25) is 0 Å². The molecule has 3 N–H and O–H groups in total. The van der Waals surface area contributed by atoms with Crippen molar-refractivity contribution in [2.45, 2.75) is 33.7 Å². The number of nitrogen functional groups attached to an aromatic ring is 1. The molecule has 4 nitrogen and oxygen atoms in total. The number of carbonyl (C=O) groups is 1. The minimum Gasteiger partial charge on any atom is -0.383 e. The maximum Gasteiger partial charge on any atom is 0.255 e. The number of nitrogens with zero attached hydrogens (tertiary/aromatic N) is 1. The lowest BCUT2D eigenvalue weighted by Gasteiger charge is -2.28. The molecule has 1 heterocycles. The van der Waals surface area contributed by atoms with Gasteiger partial charge in [-0.25, -0.2) is 4.98 Å². The van der Waals surface area contributed by atoms with Gasteiger partial charge in [-0.3, -0.25) is 4.79 Å². The van der Waals surface area contributed by atoms with Crippen molar-refractivity contribution in [2.24, 2.45) is 5.41 Å². The lowest BCUT2D eigenvalue weighted by atomic mass is 9.88. The van der Waals surface area contributed by atoms with Crippen molar-refractivity contribution in [3.05, 3.63) is 23.9 Å². The monoisotopic (exact) mass is 221 g/mol. The minimum atomic E-state index is -0.173. The molecular weight excluding hydrogens is 202 g/mol. The highest BCUT2D eigenvalue weighted by atomic mass is 16.1. The lowest BCUT2D eigenvalue weighted by Crippen LogP contribution is -2.41. The van der Waals surface area contributed by atoms with E-state index < -0.39 is 0 Å². The van der Waals surface area contributed by atoms with E-state index >= 15 is 0 Å². The number of hydrogen-bond donors (Lipinski definition) is 2. The second-order valence-electron chi connectivity index (χ2n) is 5.00. The Bertz CT molecular complexity index is 382. The fourth-order valence-electron chi connectivity index (χ4n) is 1.10. The Kier molecular flexibility index (Phi) is 3.52. The van der Waals surface area contributed by atoms with E-state index in [-0.39, 0.29) is 23.2 Å². The van der Waals surface area contributed by atoms with E-state index in [9.17, 15) is 4.79 Å². The predicted octanol–water partition coefficient (Wildman–Crippen LogP) is 1.83. The van der Waals surface area contributed by atoms with E-state index in [1.165, 1.54) is 0 Å². The summed E-state index contributed by atoms with van der Waals surface area (Å²) in [6, 6.07) is 3.44. The molecule has 4 heteroatoms. The maximum absolute atomic E-state index is 11.9. The molecule has 1 rings (SSSR count). The van der Waals surface area contributed by atoms with Gasteiger partial charge in [0.15, 0.2) is 0 Å². The van der Waals surface area contributed by atoms with Crippen molar-refractivity contribution in [2.75, 3.05) is 5.73 Å². The van der Waals surface area contributed by atoms with Gasteiger partial charge in [0, 0.05) is 12.2 Å². The first-order chi connectivity index (χ1) is 7.32. The molecular formula is C12H19N3O. The highest BCUT2D eigenvalue weighted by Crippen LogP contribution is 2.19. The first-order valence-electron chi connectivity index (χ1n) is 5.33. The highest BCUT2D eigenvalue weighted by molar-refractivity contribution is 5.98. The zero-order valence-electron chi connectivity index (χ0n) is 10.2. The number of anilines is 1. The van der Waals surface area contributed by atoms with E-state index in [2.05, 4.69) is 31.1 Å². The van der Waals surface area contributed by atoms with Gasteiger partial charge in [0.1, 0.15) is 5.82 Å². The van der Waals surface area contributed by atoms with Crippen molar-refractivity contribution in [3.63, 3.8) is 0 Å². The van der Waals surface area contributed by atoms with E-state index in [0.717, 1.165) is 0 Å². The third-order valence-electron chi connectivity index (χ3n) is 2.73. The molecule has 88 valence electrons. The molecule has 1 unspecified atom stereocenters.